The third kappa shape index (κ3) is 3.13. The lowest BCUT2D eigenvalue weighted by Crippen LogP contribution is -2.43. The van der Waals surface area contributed by atoms with E-state index in [-0.39, 0.29) is 5.82 Å². The monoisotopic (exact) mass is 366 g/mol. The summed E-state index contributed by atoms with van der Waals surface area (Å²) in [5, 5.41) is 25.3. The van der Waals surface area contributed by atoms with Gasteiger partial charge in [-0.05, 0) is 23.7 Å². The maximum Gasteiger partial charge on any atom is 0.351 e. The summed E-state index contributed by atoms with van der Waals surface area (Å²) in [6.45, 7) is -0.668. The van der Waals surface area contributed by atoms with Crippen LogP contribution in [0.4, 0.5) is 10.2 Å². The molecule has 1 aliphatic rings. The van der Waals surface area contributed by atoms with Crippen molar-refractivity contribution in [2.45, 2.75) is 30.8 Å². The second-order valence-corrected chi connectivity index (χ2v) is 5.53. The number of alkyl halides is 1. The molecule has 4 atom stereocenters. The molecule has 0 aliphatic carbocycles. The van der Waals surface area contributed by atoms with E-state index >= 15 is 0 Å². The van der Waals surface area contributed by atoms with Gasteiger partial charge in [-0.1, -0.05) is 5.11 Å². The molecule has 26 heavy (non-hydrogen) atoms. The molecule has 0 saturated carbocycles. The van der Waals surface area contributed by atoms with Gasteiger partial charge in [0.25, 0.3) is 0 Å². The van der Waals surface area contributed by atoms with Crippen LogP contribution in [0.1, 0.15) is 12.0 Å². The van der Waals surface area contributed by atoms with Gasteiger partial charge >= 0.3 is 5.69 Å². The van der Waals surface area contributed by atoms with Crippen LogP contribution in [-0.2, 0) is 11.3 Å². The second kappa shape index (κ2) is 7.14. The summed E-state index contributed by atoms with van der Waals surface area (Å²) in [7, 11) is 0. The molecule has 2 aromatic heterocycles. The van der Waals surface area contributed by atoms with Crippen molar-refractivity contribution < 1.29 is 23.8 Å². The molecule has 0 spiro atoms. The average molecular weight is 366 g/mol. The molecule has 1 aliphatic heterocycles. The van der Waals surface area contributed by atoms with Gasteiger partial charge in [0.15, 0.2) is 12.4 Å². The van der Waals surface area contributed by atoms with Gasteiger partial charge in [-0.15, -0.1) is 0 Å². The first-order chi connectivity index (χ1) is 12.5. The van der Waals surface area contributed by atoms with E-state index in [4.69, 9.17) is 14.7 Å². The Balaban J connectivity index is 1.81. The number of rotatable bonds is 6. The molecule has 0 bridgehead atoms. The first kappa shape index (κ1) is 17.9. The molecule has 1 unspecified atom stereocenters. The third-order valence-electron chi connectivity index (χ3n) is 3.93. The molecule has 0 amide bonds. The summed E-state index contributed by atoms with van der Waals surface area (Å²) >= 11 is 0. The predicted molar refractivity (Wildman–Crippen MR) is 84.5 cm³/mol. The van der Waals surface area contributed by atoms with Crippen molar-refractivity contribution >= 4 is 5.82 Å². The van der Waals surface area contributed by atoms with Crippen molar-refractivity contribution in [2.24, 2.45) is 5.11 Å². The van der Waals surface area contributed by atoms with E-state index < -0.39 is 36.5 Å². The number of aromatic nitrogens is 2. The Morgan fingerprint density at radius 2 is 2.35 bits per heavy atom. The number of hydrogen-bond donors (Lipinski definition) is 3. The highest BCUT2D eigenvalue weighted by Gasteiger charge is 2.56. The quantitative estimate of drug-likeness (QED) is 0.385. The number of anilines is 1. The zero-order valence-electron chi connectivity index (χ0n) is 13.3. The summed E-state index contributed by atoms with van der Waals surface area (Å²) in [4.78, 5) is 18.4. The van der Waals surface area contributed by atoms with Crippen molar-refractivity contribution in [3.63, 3.8) is 0 Å². The van der Waals surface area contributed by atoms with Gasteiger partial charge in [0.1, 0.15) is 17.7 Å². The summed E-state index contributed by atoms with van der Waals surface area (Å²) in [5.74, 6) is 0.851. The summed E-state index contributed by atoms with van der Waals surface area (Å²) in [5.41, 5.74) is 5.48. The number of furan rings is 1. The van der Waals surface area contributed by atoms with Crippen molar-refractivity contribution in [1.82, 2.24) is 9.55 Å². The minimum Gasteiger partial charge on any atom is -0.467 e. The zero-order chi connectivity index (χ0) is 18.7. The Kier molecular flexibility index (Phi) is 4.91. The Labute approximate surface area is 145 Å². The van der Waals surface area contributed by atoms with Crippen LogP contribution < -0.4 is 11.0 Å². The van der Waals surface area contributed by atoms with E-state index in [0.29, 0.717) is 12.3 Å². The van der Waals surface area contributed by atoms with E-state index in [1.165, 1.54) is 18.5 Å². The van der Waals surface area contributed by atoms with E-state index in [0.717, 1.165) is 4.57 Å². The van der Waals surface area contributed by atoms with Gasteiger partial charge in [-0.25, -0.2) is 9.18 Å². The lowest BCUT2D eigenvalue weighted by molar-refractivity contribution is -0.124. The number of aliphatic hydroxyl groups excluding tert-OH is 2. The van der Waals surface area contributed by atoms with Crippen LogP contribution in [0.25, 0.3) is 10.4 Å². The fourth-order valence-electron chi connectivity index (χ4n) is 2.58. The molecule has 1 saturated heterocycles. The maximum absolute atomic E-state index is 14.4. The Bertz CT molecular complexity index is 867. The molecule has 12 heteroatoms. The van der Waals surface area contributed by atoms with E-state index in [1.54, 1.807) is 12.1 Å². The molecule has 3 rings (SSSR count). The number of azide groups is 1. The third-order valence-corrected chi connectivity index (χ3v) is 3.93. The second-order valence-electron chi connectivity index (χ2n) is 5.53. The molecule has 0 aromatic carbocycles. The number of ether oxygens (including phenoxy) is 1. The number of nitrogens with one attached hydrogen (secondary N) is 1. The van der Waals surface area contributed by atoms with E-state index in [2.05, 4.69) is 20.3 Å². The Morgan fingerprint density at radius 1 is 1.54 bits per heavy atom. The van der Waals surface area contributed by atoms with Crippen LogP contribution in [0.15, 0.2) is 45.0 Å². The molecule has 3 N–H and O–H groups in total. The first-order valence-corrected chi connectivity index (χ1v) is 7.53. The van der Waals surface area contributed by atoms with Crippen LogP contribution >= 0.6 is 0 Å². The number of halogens is 1. The summed E-state index contributed by atoms with van der Waals surface area (Å²) in [6.07, 6.45) is -2.95. The molecule has 11 nitrogen and oxygen atoms in total. The molecule has 138 valence electrons. The van der Waals surface area contributed by atoms with Gasteiger partial charge in [0.2, 0.25) is 5.72 Å². The lowest BCUT2D eigenvalue weighted by Gasteiger charge is -2.23. The van der Waals surface area contributed by atoms with Crippen molar-refractivity contribution in [1.29, 1.82) is 0 Å². The standard InChI is InChI=1S/C14H15FN6O5/c15-10-11(23)14(7-22,19-20-16)26-12(10)21-4-3-9(18-13(21)24)17-6-8-2-1-5-25-8/h1-5,10-12,22-23H,6-7H2,(H,17,18,24)/t10-,11?,12+,14+/m0/s1. The van der Waals surface area contributed by atoms with Crippen LogP contribution in [0.3, 0.4) is 0 Å². The minimum atomic E-state index is -2.21. The fraction of sp³-hybridized carbons (Fsp3) is 0.429. The van der Waals surface area contributed by atoms with Crippen LogP contribution in [0.2, 0.25) is 0 Å². The number of nitrogens with zero attached hydrogens (tertiary/aromatic N) is 5. The minimum absolute atomic E-state index is 0.222. The zero-order valence-corrected chi connectivity index (χ0v) is 13.3. The molecule has 2 aromatic rings. The van der Waals surface area contributed by atoms with Gasteiger partial charge in [-0.2, -0.15) is 4.98 Å². The first-order valence-electron chi connectivity index (χ1n) is 7.53. The predicted octanol–water partition coefficient (Wildman–Crippen LogP) is 0.675. The van der Waals surface area contributed by atoms with Crippen molar-refractivity contribution in [2.75, 3.05) is 11.9 Å². The molecule has 0 radical (unpaired) electrons. The smallest absolute Gasteiger partial charge is 0.351 e. The van der Waals surface area contributed by atoms with Gasteiger partial charge in [0, 0.05) is 11.1 Å². The van der Waals surface area contributed by atoms with Crippen molar-refractivity contribution in [3.8, 4) is 0 Å². The van der Waals surface area contributed by atoms with Crippen LogP contribution in [0.5, 0.6) is 0 Å². The lowest BCUT2D eigenvalue weighted by atomic mass is 10.1. The highest BCUT2D eigenvalue weighted by molar-refractivity contribution is 5.32. The SMILES string of the molecule is [N-]=[N+]=N[C@]1(CO)O[C@@H](n2ccc(NCc3ccco3)nc2=O)[C@@H](F)C1O. The topological polar surface area (TPSA) is 159 Å². The highest BCUT2D eigenvalue weighted by Crippen LogP contribution is 2.39. The van der Waals surface area contributed by atoms with Gasteiger partial charge in [0.05, 0.1) is 19.4 Å². The maximum atomic E-state index is 14.4. The largest absolute Gasteiger partial charge is 0.467 e. The van der Waals surface area contributed by atoms with Crippen LogP contribution in [-0.4, -0.2) is 44.4 Å². The fourth-order valence-corrected chi connectivity index (χ4v) is 2.58. The molecular weight excluding hydrogens is 351 g/mol. The summed E-state index contributed by atoms with van der Waals surface area (Å²) in [6, 6.07) is 4.85. The van der Waals surface area contributed by atoms with Gasteiger partial charge in [-0.3, -0.25) is 4.57 Å². The van der Waals surface area contributed by atoms with Crippen LogP contribution in [0, 0.1) is 0 Å². The van der Waals surface area contributed by atoms with Gasteiger partial charge < -0.3 is 24.7 Å². The Hall–Kier alpha value is -2.92. The van der Waals surface area contributed by atoms with E-state index in [9.17, 15) is 19.4 Å². The average Bonchev–Trinajstić information content (AvgIpc) is 3.24. The highest BCUT2D eigenvalue weighted by atomic mass is 19.1. The number of aliphatic hydroxyl groups is 2. The summed E-state index contributed by atoms with van der Waals surface area (Å²) < 4.78 is 25.5. The normalized spacial score (nSPS) is 27.9. The van der Waals surface area contributed by atoms with Crippen molar-refractivity contribution in [3.05, 3.63) is 57.3 Å². The Morgan fingerprint density at radius 3 is 2.96 bits per heavy atom. The number of hydrogen-bond acceptors (Lipinski definition) is 8. The molecule has 3 heterocycles. The van der Waals surface area contributed by atoms with E-state index in [1.807, 2.05) is 0 Å². The molecular formula is C14H15FN6O5. The molecule has 1 fully saturated rings.